The molecular weight excluding hydrogens is 164 g/mol. The maximum atomic E-state index is 8.79. The monoisotopic (exact) mass is 188 g/mol. The van der Waals surface area contributed by atoms with Crippen LogP contribution >= 0.6 is 0 Å². The van der Waals surface area contributed by atoms with Gasteiger partial charge in [-0.3, -0.25) is 0 Å². The summed E-state index contributed by atoms with van der Waals surface area (Å²) in [6.07, 6.45) is 1.09. The third-order valence-corrected chi connectivity index (χ3v) is 2.52. The Morgan fingerprint density at radius 1 is 1.31 bits per heavy atom. The number of likely N-dealkylation sites (N-methyl/N-ethyl adjacent to an activating group) is 1. The molecule has 0 aliphatic rings. The highest BCUT2D eigenvalue weighted by atomic mass is 16.3. The summed E-state index contributed by atoms with van der Waals surface area (Å²) in [6, 6.07) is 0. The number of nitrogens with two attached hydrogens (primary N) is 1. The Hall–Kier alpha value is -0.120. The molecule has 0 saturated carbocycles. The van der Waals surface area contributed by atoms with Crippen LogP contribution < -0.4 is 5.73 Å². The van der Waals surface area contributed by atoms with E-state index in [2.05, 4.69) is 25.7 Å². The van der Waals surface area contributed by atoms with Gasteiger partial charge in [0.15, 0.2) is 0 Å². The van der Waals surface area contributed by atoms with Gasteiger partial charge in [0.1, 0.15) is 0 Å². The van der Waals surface area contributed by atoms with Crippen LogP contribution in [0.2, 0.25) is 0 Å². The zero-order chi connectivity index (χ0) is 10.3. The number of hydrogen-bond acceptors (Lipinski definition) is 3. The Morgan fingerprint density at radius 2 is 1.92 bits per heavy atom. The van der Waals surface area contributed by atoms with Crippen LogP contribution in [-0.2, 0) is 0 Å². The SMILES string of the molecule is CCN(CCO)CCC(C)(C)CN. The standard InChI is InChI=1S/C10H24N2O/c1-4-12(7-8-13)6-5-10(2,3)9-11/h13H,4-9,11H2,1-3H3. The Morgan fingerprint density at radius 3 is 2.31 bits per heavy atom. The van der Waals surface area contributed by atoms with Gasteiger partial charge in [0.05, 0.1) is 6.61 Å². The summed E-state index contributed by atoms with van der Waals surface area (Å²) in [4.78, 5) is 2.25. The van der Waals surface area contributed by atoms with Crippen molar-refractivity contribution in [2.45, 2.75) is 27.2 Å². The Labute approximate surface area is 81.9 Å². The van der Waals surface area contributed by atoms with E-state index in [-0.39, 0.29) is 12.0 Å². The van der Waals surface area contributed by atoms with Crippen molar-refractivity contribution in [3.05, 3.63) is 0 Å². The molecule has 0 unspecified atom stereocenters. The van der Waals surface area contributed by atoms with E-state index in [4.69, 9.17) is 10.8 Å². The maximum Gasteiger partial charge on any atom is 0.0558 e. The normalized spacial score (nSPS) is 12.5. The lowest BCUT2D eigenvalue weighted by atomic mass is 9.89. The summed E-state index contributed by atoms with van der Waals surface area (Å²) in [5, 5.41) is 8.79. The van der Waals surface area contributed by atoms with Crippen molar-refractivity contribution in [3.63, 3.8) is 0 Å². The highest BCUT2D eigenvalue weighted by Gasteiger charge is 2.16. The lowest BCUT2D eigenvalue weighted by Crippen LogP contribution is -2.33. The molecule has 0 aliphatic carbocycles. The van der Waals surface area contributed by atoms with Crippen molar-refractivity contribution in [1.82, 2.24) is 4.90 Å². The molecule has 0 aromatic heterocycles. The Bertz CT molecular complexity index is 126. The van der Waals surface area contributed by atoms with Crippen LogP contribution in [0.3, 0.4) is 0 Å². The molecule has 13 heavy (non-hydrogen) atoms. The number of nitrogens with zero attached hydrogens (tertiary/aromatic N) is 1. The van der Waals surface area contributed by atoms with Gasteiger partial charge in [-0.05, 0) is 31.5 Å². The summed E-state index contributed by atoms with van der Waals surface area (Å²) in [5.41, 5.74) is 5.87. The average Bonchev–Trinajstić information content (AvgIpc) is 2.12. The fourth-order valence-electron chi connectivity index (χ4n) is 1.13. The van der Waals surface area contributed by atoms with E-state index in [1.165, 1.54) is 0 Å². The van der Waals surface area contributed by atoms with E-state index in [0.29, 0.717) is 0 Å². The summed E-state index contributed by atoms with van der Waals surface area (Å²) in [7, 11) is 0. The van der Waals surface area contributed by atoms with Gasteiger partial charge < -0.3 is 15.7 Å². The Kier molecular flexibility index (Phi) is 6.29. The molecule has 0 radical (unpaired) electrons. The molecule has 3 nitrogen and oxygen atoms in total. The van der Waals surface area contributed by atoms with Crippen molar-refractivity contribution in [1.29, 1.82) is 0 Å². The lowest BCUT2D eigenvalue weighted by molar-refractivity contribution is 0.180. The van der Waals surface area contributed by atoms with Crippen LogP contribution in [0.25, 0.3) is 0 Å². The van der Waals surface area contributed by atoms with Crippen molar-refractivity contribution < 1.29 is 5.11 Å². The first kappa shape index (κ1) is 12.9. The summed E-state index contributed by atoms with van der Waals surface area (Å²) in [5.74, 6) is 0. The third kappa shape index (κ3) is 6.02. The first-order valence-electron chi connectivity index (χ1n) is 5.09. The summed E-state index contributed by atoms with van der Waals surface area (Å²) < 4.78 is 0. The molecule has 0 aromatic carbocycles. The van der Waals surface area contributed by atoms with Gasteiger partial charge in [-0.15, -0.1) is 0 Å². The minimum Gasteiger partial charge on any atom is -0.395 e. The van der Waals surface area contributed by atoms with E-state index < -0.39 is 0 Å². The summed E-state index contributed by atoms with van der Waals surface area (Å²) >= 11 is 0. The molecular formula is C10H24N2O. The van der Waals surface area contributed by atoms with E-state index in [9.17, 15) is 0 Å². The van der Waals surface area contributed by atoms with E-state index in [1.54, 1.807) is 0 Å². The maximum absolute atomic E-state index is 8.79. The number of aliphatic hydroxyl groups is 1. The molecule has 0 atom stereocenters. The Balaban J connectivity index is 3.70. The highest BCUT2D eigenvalue weighted by molar-refractivity contribution is 4.71. The minimum atomic E-state index is 0.225. The third-order valence-electron chi connectivity index (χ3n) is 2.52. The lowest BCUT2D eigenvalue weighted by Gasteiger charge is -2.27. The smallest absolute Gasteiger partial charge is 0.0558 e. The molecule has 0 rings (SSSR count). The second-order valence-electron chi connectivity index (χ2n) is 4.28. The van der Waals surface area contributed by atoms with Crippen molar-refractivity contribution in [2.75, 3.05) is 32.8 Å². The second-order valence-corrected chi connectivity index (χ2v) is 4.28. The van der Waals surface area contributed by atoms with Crippen molar-refractivity contribution in [3.8, 4) is 0 Å². The zero-order valence-corrected chi connectivity index (χ0v) is 9.21. The van der Waals surface area contributed by atoms with Gasteiger partial charge >= 0.3 is 0 Å². The van der Waals surface area contributed by atoms with Crippen LogP contribution in [0.4, 0.5) is 0 Å². The number of aliphatic hydroxyl groups excluding tert-OH is 1. The van der Waals surface area contributed by atoms with Gasteiger partial charge in [0.2, 0.25) is 0 Å². The van der Waals surface area contributed by atoms with Crippen LogP contribution in [-0.4, -0.2) is 42.8 Å². The molecule has 3 heteroatoms. The molecule has 3 N–H and O–H groups in total. The second kappa shape index (κ2) is 6.35. The van der Waals surface area contributed by atoms with Crippen molar-refractivity contribution >= 4 is 0 Å². The molecule has 80 valence electrons. The predicted molar refractivity (Wildman–Crippen MR) is 56.7 cm³/mol. The molecule has 0 spiro atoms. The van der Waals surface area contributed by atoms with E-state index >= 15 is 0 Å². The zero-order valence-electron chi connectivity index (χ0n) is 9.21. The number of hydrogen-bond donors (Lipinski definition) is 2. The van der Waals surface area contributed by atoms with Gasteiger partial charge in [-0.25, -0.2) is 0 Å². The van der Waals surface area contributed by atoms with E-state index in [0.717, 1.165) is 32.6 Å². The average molecular weight is 188 g/mol. The number of rotatable bonds is 7. The molecule has 0 amide bonds. The molecule has 0 heterocycles. The predicted octanol–water partition coefficient (Wildman–Crippen LogP) is 0.676. The highest BCUT2D eigenvalue weighted by Crippen LogP contribution is 2.18. The van der Waals surface area contributed by atoms with Crippen molar-refractivity contribution in [2.24, 2.45) is 11.1 Å². The molecule has 0 fully saturated rings. The van der Waals surface area contributed by atoms with Gasteiger partial charge in [0, 0.05) is 6.54 Å². The first-order valence-corrected chi connectivity index (χ1v) is 5.09. The van der Waals surface area contributed by atoms with Gasteiger partial charge in [-0.2, -0.15) is 0 Å². The van der Waals surface area contributed by atoms with Crippen LogP contribution in [0.15, 0.2) is 0 Å². The largest absolute Gasteiger partial charge is 0.395 e. The topological polar surface area (TPSA) is 49.5 Å². The molecule has 0 aliphatic heterocycles. The molecule has 0 bridgehead atoms. The minimum absolute atomic E-state index is 0.225. The van der Waals surface area contributed by atoms with Gasteiger partial charge in [-0.1, -0.05) is 20.8 Å². The van der Waals surface area contributed by atoms with Crippen LogP contribution in [0.1, 0.15) is 27.2 Å². The quantitative estimate of drug-likeness (QED) is 0.617. The summed E-state index contributed by atoms with van der Waals surface area (Å²) in [6.45, 7) is 10.3. The molecule has 0 saturated heterocycles. The van der Waals surface area contributed by atoms with Crippen LogP contribution in [0, 0.1) is 5.41 Å². The van der Waals surface area contributed by atoms with Gasteiger partial charge in [0.25, 0.3) is 0 Å². The molecule has 0 aromatic rings. The van der Waals surface area contributed by atoms with Crippen LogP contribution in [0.5, 0.6) is 0 Å². The van der Waals surface area contributed by atoms with E-state index in [1.807, 2.05) is 0 Å². The fourth-order valence-corrected chi connectivity index (χ4v) is 1.13. The fraction of sp³-hybridized carbons (Fsp3) is 1.00. The first-order chi connectivity index (χ1) is 6.05.